The zero-order valence-electron chi connectivity index (χ0n) is 10.2. The van der Waals surface area contributed by atoms with Gasteiger partial charge in [-0.25, -0.2) is 18.3 Å². The predicted octanol–water partition coefficient (Wildman–Crippen LogP) is 0.873. The minimum absolute atomic E-state index is 0.0787. The highest BCUT2D eigenvalue weighted by Gasteiger charge is 2.18. The highest BCUT2D eigenvalue weighted by atomic mass is 127. The number of hydrogen-bond donors (Lipinski definition) is 3. The maximum atomic E-state index is 12.1. The molecule has 0 saturated carbocycles. The first-order valence-corrected chi connectivity index (χ1v) is 7.97. The maximum Gasteiger partial charge on any atom is 0.336 e. The number of aromatic nitrogens is 2. The molecule has 0 aliphatic heterocycles. The fourth-order valence-electron chi connectivity index (χ4n) is 1.43. The molecule has 2 rings (SSSR count). The number of halogens is 1. The zero-order valence-corrected chi connectivity index (χ0v) is 13.2. The number of H-pyrrole nitrogens is 1. The number of carboxylic acid groups (broad SMARTS) is 1. The van der Waals surface area contributed by atoms with E-state index in [0.717, 1.165) is 12.1 Å². The van der Waals surface area contributed by atoms with Crippen molar-refractivity contribution in [1.29, 1.82) is 0 Å². The molecule has 8 nitrogen and oxygen atoms in total. The van der Waals surface area contributed by atoms with E-state index in [1.807, 2.05) is 0 Å². The monoisotopic (exact) mass is 421 g/mol. The SMILES string of the molecule is O=C(O)c1cc(S(=O)(=O)Nc2ccc(=O)[nH]n2)ccc1I. The van der Waals surface area contributed by atoms with Crippen molar-refractivity contribution in [1.82, 2.24) is 10.2 Å². The summed E-state index contributed by atoms with van der Waals surface area (Å²) in [5, 5.41) is 14.6. The van der Waals surface area contributed by atoms with Crippen LogP contribution in [-0.2, 0) is 10.0 Å². The molecule has 3 N–H and O–H groups in total. The Kier molecular flexibility index (Phi) is 4.27. The van der Waals surface area contributed by atoms with Crippen LogP contribution in [0, 0.1) is 3.57 Å². The van der Waals surface area contributed by atoms with Crippen LogP contribution >= 0.6 is 22.6 Å². The highest BCUT2D eigenvalue weighted by Crippen LogP contribution is 2.19. The predicted molar refractivity (Wildman–Crippen MR) is 81.8 cm³/mol. The molecule has 21 heavy (non-hydrogen) atoms. The Balaban J connectivity index is 2.40. The third kappa shape index (κ3) is 3.58. The number of hydrogen-bond acceptors (Lipinski definition) is 5. The van der Waals surface area contributed by atoms with E-state index in [-0.39, 0.29) is 16.3 Å². The van der Waals surface area contributed by atoms with Crippen molar-refractivity contribution in [3.8, 4) is 0 Å². The van der Waals surface area contributed by atoms with E-state index in [1.54, 1.807) is 22.6 Å². The van der Waals surface area contributed by atoms with Crippen molar-refractivity contribution < 1.29 is 18.3 Å². The van der Waals surface area contributed by atoms with E-state index in [1.165, 1.54) is 18.2 Å². The average molecular weight is 421 g/mol. The Hall–Kier alpha value is -1.95. The number of carbonyl (C=O) groups is 1. The number of sulfonamides is 1. The lowest BCUT2D eigenvalue weighted by molar-refractivity contribution is 0.0695. The van der Waals surface area contributed by atoms with Gasteiger partial charge in [0, 0.05) is 9.64 Å². The third-order valence-electron chi connectivity index (χ3n) is 2.40. The van der Waals surface area contributed by atoms with Crippen LogP contribution in [0.5, 0.6) is 0 Å². The molecule has 0 saturated heterocycles. The van der Waals surface area contributed by atoms with Crippen LogP contribution in [0.2, 0.25) is 0 Å². The Morgan fingerprint density at radius 1 is 1.29 bits per heavy atom. The minimum atomic E-state index is -4.00. The molecule has 0 aliphatic rings. The average Bonchev–Trinajstić information content (AvgIpc) is 2.41. The van der Waals surface area contributed by atoms with E-state index in [0.29, 0.717) is 3.57 Å². The molecule has 0 amide bonds. The number of rotatable bonds is 4. The van der Waals surface area contributed by atoms with Gasteiger partial charge in [0.1, 0.15) is 0 Å². The second-order valence-corrected chi connectivity index (χ2v) is 6.70. The van der Waals surface area contributed by atoms with E-state index in [2.05, 4.69) is 14.9 Å². The van der Waals surface area contributed by atoms with Crippen molar-refractivity contribution >= 4 is 44.4 Å². The number of carboxylic acids is 1. The molecular formula is C11H8IN3O5S. The molecule has 0 aliphatic carbocycles. The van der Waals surface area contributed by atoms with Crippen LogP contribution in [0.15, 0.2) is 40.0 Å². The molecule has 1 heterocycles. The van der Waals surface area contributed by atoms with Crippen LogP contribution < -0.4 is 10.3 Å². The molecule has 110 valence electrons. The molecule has 0 radical (unpaired) electrons. The fourth-order valence-corrected chi connectivity index (χ4v) is 3.03. The smallest absolute Gasteiger partial charge is 0.336 e. The molecule has 1 aromatic carbocycles. The molecule has 0 unspecified atom stereocenters. The van der Waals surface area contributed by atoms with Gasteiger partial charge in [0.2, 0.25) is 0 Å². The Labute approximate surface area is 132 Å². The summed E-state index contributed by atoms with van der Waals surface area (Å²) in [5.74, 6) is -1.30. The zero-order chi connectivity index (χ0) is 15.6. The van der Waals surface area contributed by atoms with Crippen LogP contribution in [0.1, 0.15) is 10.4 Å². The summed E-state index contributed by atoms with van der Waals surface area (Å²) in [5.41, 5.74) is -0.590. The van der Waals surface area contributed by atoms with Gasteiger partial charge < -0.3 is 5.11 Å². The van der Waals surface area contributed by atoms with Crippen molar-refractivity contribution in [2.24, 2.45) is 0 Å². The van der Waals surface area contributed by atoms with Gasteiger partial charge in [-0.15, -0.1) is 0 Å². The van der Waals surface area contributed by atoms with Gasteiger partial charge in [-0.1, -0.05) is 0 Å². The van der Waals surface area contributed by atoms with Crippen molar-refractivity contribution in [3.63, 3.8) is 0 Å². The summed E-state index contributed by atoms with van der Waals surface area (Å²) in [7, 11) is -4.00. The quantitative estimate of drug-likeness (QED) is 0.629. The molecule has 0 bridgehead atoms. The van der Waals surface area contributed by atoms with Gasteiger partial charge >= 0.3 is 5.97 Å². The topological polar surface area (TPSA) is 129 Å². The lowest BCUT2D eigenvalue weighted by Gasteiger charge is -2.08. The summed E-state index contributed by atoms with van der Waals surface area (Å²) >= 11 is 1.80. The molecule has 1 aromatic heterocycles. The molecular weight excluding hydrogens is 413 g/mol. The first-order chi connectivity index (χ1) is 9.79. The first-order valence-electron chi connectivity index (χ1n) is 5.41. The largest absolute Gasteiger partial charge is 0.478 e. The molecule has 0 fully saturated rings. The van der Waals surface area contributed by atoms with Crippen LogP contribution in [0.25, 0.3) is 0 Å². The number of benzene rings is 1. The van der Waals surface area contributed by atoms with Crippen LogP contribution in [0.3, 0.4) is 0 Å². The van der Waals surface area contributed by atoms with Gasteiger partial charge in [-0.3, -0.25) is 9.52 Å². The Morgan fingerprint density at radius 2 is 2.00 bits per heavy atom. The Bertz CT molecular complexity index is 842. The van der Waals surface area contributed by atoms with Gasteiger partial charge in [-0.2, -0.15) is 5.10 Å². The normalized spacial score (nSPS) is 11.1. The molecule has 10 heteroatoms. The Morgan fingerprint density at radius 3 is 2.57 bits per heavy atom. The molecule has 0 spiro atoms. The van der Waals surface area contributed by atoms with E-state index in [4.69, 9.17) is 5.11 Å². The summed E-state index contributed by atoms with van der Waals surface area (Å²) in [6.45, 7) is 0. The summed E-state index contributed by atoms with van der Waals surface area (Å²) in [6.07, 6.45) is 0. The number of nitrogens with zero attached hydrogens (tertiary/aromatic N) is 1. The lowest BCUT2D eigenvalue weighted by atomic mass is 10.2. The minimum Gasteiger partial charge on any atom is -0.478 e. The number of nitrogens with one attached hydrogen (secondary N) is 2. The third-order valence-corrected chi connectivity index (χ3v) is 4.69. The van der Waals surface area contributed by atoms with E-state index in [9.17, 15) is 18.0 Å². The molecule has 0 atom stereocenters. The second-order valence-electron chi connectivity index (χ2n) is 3.86. The highest BCUT2D eigenvalue weighted by molar-refractivity contribution is 14.1. The summed E-state index contributed by atoms with van der Waals surface area (Å²) < 4.78 is 26.8. The summed E-state index contributed by atoms with van der Waals surface area (Å²) in [4.78, 5) is 21.7. The van der Waals surface area contributed by atoms with Crippen molar-refractivity contribution in [3.05, 3.63) is 49.8 Å². The summed E-state index contributed by atoms with van der Waals surface area (Å²) in [6, 6.07) is 6.03. The first kappa shape index (κ1) is 15.4. The number of aromatic amines is 1. The van der Waals surface area contributed by atoms with Gasteiger partial charge in [0.15, 0.2) is 5.82 Å². The van der Waals surface area contributed by atoms with Gasteiger partial charge in [0.05, 0.1) is 10.5 Å². The maximum absolute atomic E-state index is 12.1. The second kappa shape index (κ2) is 5.81. The lowest BCUT2D eigenvalue weighted by Crippen LogP contribution is -2.17. The van der Waals surface area contributed by atoms with Crippen molar-refractivity contribution in [2.45, 2.75) is 4.90 Å². The van der Waals surface area contributed by atoms with E-state index >= 15 is 0 Å². The molecule has 2 aromatic rings. The van der Waals surface area contributed by atoms with Crippen molar-refractivity contribution in [2.75, 3.05) is 4.72 Å². The van der Waals surface area contributed by atoms with E-state index < -0.39 is 21.6 Å². The fraction of sp³-hybridized carbons (Fsp3) is 0. The van der Waals surface area contributed by atoms with Gasteiger partial charge in [0.25, 0.3) is 15.6 Å². The van der Waals surface area contributed by atoms with Gasteiger partial charge in [-0.05, 0) is 46.9 Å². The number of anilines is 1. The number of aromatic carboxylic acids is 1. The standard InChI is InChI=1S/C11H8IN3O5S/c12-8-2-1-6(5-7(8)11(17)18)21(19,20)15-9-3-4-10(16)14-13-9/h1-5H,(H,13,15)(H,14,16)(H,17,18). The van der Waals surface area contributed by atoms with Crippen LogP contribution in [-0.4, -0.2) is 29.7 Å². The van der Waals surface area contributed by atoms with Crippen LogP contribution in [0.4, 0.5) is 5.82 Å².